The predicted molar refractivity (Wildman–Crippen MR) is 142 cm³/mol. The maximum absolute atomic E-state index is 6.34. The molecular weight excluding hydrogens is 450 g/mol. The summed E-state index contributed by atoms with van der Waals surface area (Å²) in [4.78, 5) is 5.29. The van der Waals surface area contributed by atoms with Crippen LogP contribution in [-0.4, -0.2) is 21.3 Å². The van der Waals surface area contributed by atoms with Crippen LogP contribution in [0, 0.1) is 0 Å². The van der Waals surface area contributed by atoms with Crippen LogP contribution in [0.3, 0.4) is 0 Å². The largest absolute Gasteiger partial charge is 0.497 e. The third kappa shape index (κ3) is 4.68. The smallest absolute Gasteiger partial charge is 0.161 e. The number of methoxy groups -OCH3 is 3. The molecule has 0 aliphatic heterocycles. The minimum absolute atomic E-state index is 0.192. The van der Waals surface area contributed by atoms with Crippen LogP contribution in [0.25, 0.3) is 22.3 Å². The van der Waals surface area contributed by atoms with E-state index in [0.717, 1.165) is 33.2 Å². The molecule has 0 saturated heterocycles. The summed E-state index contributed by atoms with van der Waals surface area (Å²) in [6.45, 7) is 0. The Morgan fingerprint density at radius 2 is 1.31 bits per heavy atom. The highest BCUT2D eigenvalue weighted by molar-refractivity contribution is 5.80. The fourth-order valence-electron chi connectivity index (χ4n) is 4.26. The number of hydrogen-bond acceptors (Lipinski definition) is 5. The minimum Gasteiger partial charge on any atom is -0.497 e. The van der Waals surface area contributed by atoms with Crippen molar-refractivity contribution in [2.24, 2.45) is 4.99 Å². The molecular formula is C31H27NO4. The van der Waals surface area contributed by atoms with Gasteiger partial charge in [0.15, 0.2) is 11.5 Å². The van der Waals surface area contributed by atoms with Gasteiger partial charge in [-0.15, -0.1) is 0 Å². The lowest BCUT2D eigenvalue weighted by molar-refractivity contribution is 0.355. The zero-order chi connectivity index (χ0) is 24.9. The second kappa shape index (κ2) is 10.4. The van der Waals surface area contributed by atoms with Crippen LogP contribution in [-0.2, 0) is 0 Å². The minimum atomic E-state index is -0.192. The Kier molecular flexibility index (Phi) is 6.72. The van der Waals surface area contributed by atoms with E-state index in [1.54, 1.807) is 21.3 Å². The van der Waals surface area contributed by atoms with Crippen LogP contribution < -0.4 is 19.6 Å². The van der Waals surface area contributed by atoms with Crippen LogP contribution >= 0.6 is 0 Å². The van der Waals surface area contributed by atoms with Crippen LogP contribution in [0.1, 0.15) is 17.2 Å². The lowest BCUT2D eigenvalue weighted by Crippen LogP contribution is -2.09. The maximum Gasteiger partial charge on any atom is 0.161 e. The number of nitrogens with zero attached hydrogens (tertiary/aromatic N) is 1. The SMILES string of the molecule is COc1ccc2oc(-c3ccc(OC)c(OC)c3)cc(=NC(c3ccccc3)c3ccccc3)c2c1. The Morgan fingerprint density at radius 1 is 0.639 bits per heavy atom. The van der Waals surface area contributed by atoms with E-state index >= 15 is 0 Å². The topological polar surface area (TPSA) is 53.2 Å². The van der Waals surface area contributed by atoms with E-state index < -0.39 is 0 Å². The molecule has 5 nitrogen and oxygen atoms in total. The van der Waals surface area contributed by atoms with Gasteiger partial charge in [0.2, 0.25) is 0 Å². The van der Waals surface area contributed by atoms with E-state index in [0.29, 0.717) is 22.8 Å². The number of rotatable bonds is 7. The van der Waals surface area contributed by atoms with E-state index in [1.807, 2.05) is 78.9 Å². The molecule has 0 amide bonds. The molecule has 180 valence electrons. The fraction of sp³-hybridized carbons (Fsp3) is 0.129. The Morgan fingerprint density at radius 3 is 1.92 bits per heavy atom. The Hall–Kier alpha value is -4.51. The van der Waals surface area contributed by atoms with E-state index in [-0.39, 0.29) is 6.04 Å². The predicted octanol–water partition coefficient (Wildman–Crippen LogP) is 6.82. The molecule has 4 aromatic carbocycles. The van der Waals surface area contributed by atoms with E-state index in [1.165, 1.54) is 0 Å². The van der Waals surface area contributed by atoms with Gasteiger partial charge in [-0.1, -0.05) is 60.7 Å². The molecule has 0 radical (unpaired) electrons. The molecule has 0 fully saturated rings. The van der Waals surface area contributed by atoms with Crippen LogP contribution in [0.4, 0.5) is 0 Å². The van der Waals surface area contributed by atoms with Crippen LogP contribution in [0.15, 0.2) is 113 Å². The lowest BCUT2D eigenvalue weighted by Gasteiger charge is -2.15. The first-order valence-corrected chi connectivity index (χ1v) is 11.7. The van der Waals surface area contributed by atoms with E-state index in [9.17, 15) is 0 Å². The molecule has 0 bridgehead atoms. The summed E-state index contributed by atoms with van der Waals surface area (Å²) >= 11 is 0. The summed E-state index contributed by atoms with van der Waals surface area (Å²) in [5.41, 5.74) is 3.78. The highest BCUT2D eigenvalue weighted by Gasteiger charge is 2.15. The first-order valence-electron chi connectivity index (χ1n) is 11.7. The molecule has 36 heavy (non-hydrogen) atoms. The van der Waals surface area contributed by atoms with Crippen molar-refractivity contribution in [2.45, 2.75) is 6.04 Å². The van der Waals surface area contributed by atoms with Gasteiger partial charge >= 0.3 is 0 Å². The van der Waals surface area contributed by atoms with Crippen LogP contribution in [0.5, 0.6) is 17.2 Å². The van der Waals surface area contributed by atoms with Gasteiger partial charge in [0.25, 0.3) is 0 Å². The van der Waals surface area contributed by atoms with Crippen molar-refractivity contribution >= 4 is 11.0 Å². The molecule has 0 N–H and O–H groups in total. The van der Waals surface area contributed by atoms with E-state index in [4.69, 9.17) is 23.6 Å². The zero-order valence-corrected chi connectivity index (χ0v) is 20.5. The Labute approximate surface area is 210 Å². The molecule has 0 aliphatic rings. The van der Waals surface area contributed by atoms with Gasteiger partial charge in [-0.05, 0) is 47.5 Å². The fourth-order valence-corrected chi connectivity index (χ4v) is 4.26. The third-order valence-electron chi connectivity index (χ3n) is 6.12. The standard InChI is InChI=1S/C31H27NO4/c1-33-24-15-17-27-25(19-24)26(20-29(36-27)23-14-16-28(34-2)30(18-23)35-3)32-31(21-10-6-4-7-11-21)22-12-8-5-9-13-22/h4-20,31H,1-3H3. The van der Waals surface area contributed by atoms with Crippen molar-refractivity contribution in [3.8, 4) is 28.6 Å². The van der Waals surface area contributed by atoms with Gasteiger partial charge in [-0.3, -0.25) is 4.99 Å². The molecule has 1 heterocycles. The van der Waals surface area contributed by atoms with E-state index in [2.05, 4.69) is 24.3 Å². The van der Waals surface area contributed by atoms with Crippen LogP contribution in [0.2, 0.25) is 0 Å². The molecule has 1 aromatic heterocycles. The summed E-state index contributed by atoms with van der Waals surface area (Å²) in [5, 5.41) is 1.67. The maximum atomic E-state index is 6.34. The Balaban J connectivity index is 1.77. The normalized spacial score (nSPS) is 11.6. The first-order chi connectivity index (χ1) is 17.7. The average Bonchev–Trinajstić information content (AvgIpc) is 2.95. The van der Waals surface area contributed by atoms with Crippen molar-refractivity contribution in [3.05, 3.63) is 120 Å². The average molecular weight is 478 g/mol. The van der Waals surface area contributed by atoms with Gasteiger partial charge in [0.1, 0.15) is 23.1 Å². The number of hydrogen-bond donors (Lipinski definition) is 0. The molecule has 0 spiro atoms. The lowest BCUT2D eigenvalue weighted by atomic mass is 9.99. The molecule has 0 unspecified atom stereocenters. The van der Waals surface area contributed by atoms with Crippen molar-refractivity contribution in [2.75, 3.05) is 21.3 Å². The van der Waals surface area contributed by atoms with Crippen molar-refractivity contribution in [1.82, 2.24) is 0 Å². The zero-order valence-electron chi connectivity index (χ0n) is 20.5. The number of ether oxygens (including phenoxy) is 3. The molecule has 5 rings (SSSR count). The highest BCUT2D eigenvalue weighted by Crippen LogP contribution is 2.33. The molecule has 5 heteroatoms. The summed E-state index contributed by atoms with van der Waals surface area (Å²) in [6, 6.07) is 33.9. The van der Waals surface area contributed by atoms with Crippen molar-refractivity contribution < 1.29 is 18.6 Å². The quantitative estimate of drug-likeness (QED) is 0.258. The van der Waals surface area contributed by atoms with Gasteiger partial charge in [-0.25, -0.2) is 0 Å². The number of benzene rings is 4. The van der Waals surface area contributed by atoms with Crippen molar-refractivity contribution in [1.29, 1.82) is 0 Å². The van der Waals surface area contributed by atoms with Gasteiger partial charge in [0.05, 0.1) is 26.7 Å². The van der Waals surface area contributed by atoms with Gasteiger partial charge in [0, 0.05) is 17.0 Å². The summed E-state index contributed by atoms with van der Waals surface area (Å²) in [7, 11) is 4.90. The third-order valence-corrected chi connectivity index (χ3v) is 6.12. The van der Waals surface area contributed by atoms with Crippen molar-refractivity contribution in [3.63, 3.8) is 0 Å². The second-order valence-electron chi connectivity index (χ2n) is 8.28. The molecule has 0 atom stereocenters. The second-order valence-corrected chi connectivity index (χ2v) is 8.28. The highest BCUT2D eigenvalue weighted by atomic mass is 16.5. The number of fused-ring (bicyclic) bond motifs is 1. The van der Waals surface area contributed by atoms with Gasteiger partial charge in [-0.2, -0.15) is 0 Å². The summed E-state index contributed by atoms with van der Waals surface area (Å²) in [6.07, 6.45) is 0. The summed E-state index contributed by atoms with van der Waals surface area (Å²) in [5.74, 6) is 2.70. The van der Waals surface area contributed by atoms with Gasteiger partial charge < -0.3 is 18.6 Å². The summed E-state index contributed by atoms with van der Waals surface area (Å²) < 4.78 is 22.8. The molecule has 5 aromatic rings. The monoisotopic (exact) mass is 477 g/mol. The molecule has 0 saturated carbocycles. The first kappa shape index (κ1) is 23.2. The Bertz CT molecular complexity index is 1500. The molecule has 0 aliphatic carbocycles.